The monoisotopic (exact) mass is 300 g/mol. The minimum atomic E-state index is -1.18. The molecular formula is C18H20O4. The van der Waals surface area contributed by atoms with Crippen LogP contribution in [0.2, 0.25) is 0 Å². The second kappa shape index (κ2) is 7.73. The van der Waals surface area contributed by atoms with Gasteiger partial charge in [0, 0.05) is 0 Å². The highest BCUT2D eigenvalue weighted by Gasteiger charge is 2.22. The predicted molar refractivity (Wildman–Crippen MR) is 84.1 cm³/mol. The van der Waals surface area contributed by atoms with Gasteiger partial charge in [-0.3, -0.25) is 4.79 Å². The summed E-state index contributed by atoms with van der Waals surface area (Å²) in [4.78, 5) is 11.3. The van der Waals surface area contributed by atoms with Gasteiger partial charge in [-0.1, -0.05) is 54.6 Å². The third-order valence-corrected chi connectivity index (χ3v) is 3.40. The normalized spacial score (nSPS) is 13.4. The molecule has 2 aromatic carbocycles. The molecule has 4 heteroatoms. The van der Waals surface area contributed by atoms with E-state index in [-0.39, 0.29) is 13.0 Å². The van der Waals surface area contributed by atoms with Crippen LogP contribution in [0, 0.1) is 0 Å². The Kier molecular flexibility index (Phi) is 5.69. The lowest BCUT2D eigenvalue weighted by atomic mass is 9.98. The molecule has 0 aliphatic rings. The van der Waals surface area contributed by atoms with Gasteiger partial charge in [0.25, 0.3) is 0 Å². The Hall–Kier alpha value is -2.17. The zero-order valence-electron chi connectivity index (χ0n) is 12.5. The summed E-state index contributed by atoms with van der Waals surface area (Å²) in [5.74, 6) is -0.519. The van der Waals surface area contributed by atoms with Crippen LogP contribution in [0.4, 0.5) is 0 Å². The Morgan fingerprint density at radius 1 is 1.00 bits per heavy atom. The van der Waals surface area contributed by atoms with Crippen LogP contribution >= 0.6 is 0 Å². The number of aliphatic hydroxyl groups excluding tert-OH is 2. The van der Waals surface area contributed by atoms with Crippen LogP contribution < -0.4 is 0 Å². The van der Waals surface area contributed by atoms with Crippen LogP contribution in [0.15, 0.2) is 54.6 Å². The summed E-state index contributed by atoms with van der Waals surface area (Å²) in [6.45, 7) is 1.95. The van der Waals surface area contributed by atoms with E-state index < -0.39 is 18.2 Å². The number of carbonyl (C=O) groups is 1. The van der Waals surface area contributed by atoms with Gasteiger partial charge in [-0.25, -0.2) is 0 Å². The molecule has 22 heavy (non-hydrogen) atoms. The van der Waals surface area contributed by atoms with Crippen molar-refractivity contribution in [3.8, 4) is 11.1 Å². The van der Waals surface area contributed by atoms with E-state index in [1.165, 1.54) is 0 Å². The van der Waals surface area contributed by atoms with Crippen LogP contribution in [0.5, 0.6) is 0 Å². The average molecular weight is 300 g/mol. The fourth-order valence-electron chi connectivity index (χ4n) is 2.23. The Labute approximate surface area is 130 Å². The first-order valence-corrected chi connectivity index (χ1v) is 7.29. The summed E-state index contributed by atoms with van der Waals surface area (Å²) in [5, 5.41) is 20.0. The number of rotatable bonds is 6. The maximum absolute atomic E-state index is 11.3. The molecule has 0 saturated heterocycles. The lowest BCUT2D eigenvalue weighted by Crippen LogP contribution is -2.23. The molecule has 0 heterocycles. The van der Waals surface area contributed by atoms with Crippen LogP contribution in [-0.4, -0.2) is 28.9 Å². The smallest absolute Gasteiger partial charge is 0.308 e. The Morgan fingerprint density at radius 3 is 2.18 bits per heavy atom. The molecule has 0 spiro atoms. The van der Waals surface area contributed by atoms with Crippen molar-refractivity contribution >= 4 is 5.97 Å². The van der Waals surface area contributed by atoms with Crippen LogP contribution in [-0.2, 0) is 9.53 Å². The fraction of sp³-hybridized carbons (Fsp3) is 0.278. The minimum absolute atomic E-state index is 0.227. The zero-order chi connectivity index (χ0) is 15.9. The number of aliphatic hydroxyl groups is 2. The van der Waals surface area contributed by atoms with Gasteiger partial charge in [0.1, 0.15) is 6.10 Å². The van der Waals surface area contributed by atoms with E-state index in [0.717, 1.165) is 11.1 Å². The molecule has 0 bridgehead atoms. The summed E-state index contributed by atoms with van der Waals surface area (Å²) >= 11 is 0. The van der Waals surface area contributed by atoms with E-state index in [0.29, 0.717) is 5.56 Å². The van der Waals surface area contributed by atoms with Crippen molar-refractivity contribution in [3.05, 3.63) is 60.2 Å². The van der Waals surface area contributed by atoms with Gasteiger partial charge in [-0.05, 0) is 23.6 Å². The molecule has 116 valence electrons. The molecule has 0 aromatic heterocycles. The molecule has 2 atom stereocenters. The topological polar surface area (TPSA) is 66.8 Å². The lowest BCUT2D eigenvalue weighted by molar-refractivity contribution is -0.147. The number of esters is 1. The third-order valence-electron chi connectivity index (χ3n) is 3.40. The van der Waals surface area contributed by atoms with Gasteiger partial charge < -0.3 is 14.9 Å². The SMILES string of the molecule is CCOC(=O)CC(O)C(O)c1ccc(-c2ccccc2)cc1. The molecule has 2 rings (SSSR count). The number of benzene rings is 2. The summed E-state index contributed by atoms with van der Waals surface area (Å²) in [6.07, 6.45) is -2.52. The van der Waals surface area contributed by atoms with E-state index in [2.05, 4.69) is 0 Å². The van der Waals surface area contributed by atoms with Gasteiger partial charge in [0.2, 0.25) is 0 Å². The summed E-state index contributed by atoms with van der Waals surface area (Å²) in [5.41, 5.74) is 2.67. The van der Waals surface area contributed by atoms with E-state index in [1.807, 2.05) is 42.5 Å². The third kappa shape index (κ3) is 4.16. The summed E-state index contributed by atoms with van der Waals surface area (Å²) in [7, 11) is 0. The Morgan fingerprint density at radius 2 is 1.59 bits per heavy atom. The quantitative estimate of drug-likeness (QED) is 0.805. The Balaban J connectivity index is 2.05. The van der Waals surface area contributed by atoms with Crippen molar-refractivity contribution < 1.29 is 19.7 Å². The van der Waals surface area contributed by atoms with E-state index in [4.69, 9.17) is 4.74 Å². The van der Waals surface area contributed by atoms with Gasteiger partial charge in [-0.2, -0.15) is 0 Å². The molecule has 0 saturated carbocycles. The van der Waals surface area contributed by atoms with Crippen LogP contribution in [0.3, 0.4) is 0 Å². The molecule has 0 amide bonds. The Bertz CT molecular complexity index is 592. The number of hydrogen-bond acceptors (Lipinski definition) is 4. The zero-order valence-corrected chi connectivity index (χ0v) is 12.5. The molecule has 0 aliphatic carbocycles. The molecule has 0 fully saturated rings. The van der Waals surface area contributed by atoms with Crippen molar-refractivity contribution in [3.63, 3.8) is 0 Å². The van der Waals surface area contributed by atoms with Gasteiger partial charge in [0.05, 0.1) is 19.1 Å². The highest BCUT2D eigenvalue weighted by Crippen LogP contribution is 2.24. The maximum atomic E-state index is 11.3. The number of hydrogen-bond donors (Lipinski definition) is 2. The van der Waals surface area contributed by atoms with E-state index in [9.17, 15) is 15.0 Å². The molecular weight excluding hydrogens is 280 g/mol. The summed E-state index contributed by atoms with van der Waals surface area (Å²) in [6, 6.07) is 17.1. The number of carbonyl (C=O) groups excluding carboxylic acids is 1. The van der Waals surface area contributed by atoms with Crippen molar-refractivity contribution in [2.75, 3.05) is 6.61 Å². The van der Waals surface area contributed by atoms with Gasteiger partial charge >= 0.3 is 5.97 Å². The lowest BCUT2D eigenvalue weighted by Gasteiger charge is -2.17. The van der Waals surface area contributed by atoms with E-state index in [1.54, 1.807) is 19.1 Å². The van der Waals surface area contributed by atoms with Crippen molar-refractivity contribution in [1.82, 2.24) is 0 Å². The highest BCUT2D eigenvalue weighted by atomic mass is 16.5. The molecule has 0 radical (unpaired) electrons. The second-order valence-corrected chi connectivity index (χ2v) is 5.01. The first-order chi connectivity index (χ1) is 10.6. The molecule has 0 aliphatic heterocycles. The van der Waals surface area contributed by atoms with Gasteiger partial charge in [0.15, 0.2) is 0 Å². The minimum Gasteiger partial charge on any atom is -0.466 e. The van der Waals surface area contributed by atoms with Gasteiger partial charge in [-0.15, -0.1) is 0 Å². The molecule has 2 unspecified atom stereocenters. The average Bonchev–Trinajstić information content (AvgIpc) is 2.55. The molecule has 2 N–H and O–H groups in total. The second-order valence-electron chi connectivity index (χ2n) is 5.01. The van der Waals surface area contributed by atoms with Crippen molar-refractivity contribution in [2.24, 2.45) is 0 Å². The first kappa shape index (κ1) is 16.2. The molecule has 4 nitrogen and oxygen atoms in total. The standard InChI is InChI=1S/C18H20O4/c1-2-22-17(20)12-16(19)18(21)15-10-8-14(9-11-15)13-6-4-3-5-7-13/h3-11,16,18-19,21H,2,12H2,1H3. The van der Waals surface area contributed by atoms with Crippen LogP contribution in [0.25, 0.3) is 11.1 Å². The van der Waals surface area contributed by atoms with Crippen molar-refractivity contribution in [2.45, 2.75) is 25.6 Å². The number of ether oxygens (including phenoxy) is 1. The predicted octanol–water partition coefficient (Wildman–Crippen LogP) is 2.70. The largest absolute Gasteiger partial charge is 0.466 e. The molecule has 2 aromatic rings. The fourth-order valence-corrected chi connectivity index (χ4v) is 2.23. The highest BCUT2D eigenvalue weighted by molar-refractivity contribution is 5.70. The van der Waals surface area contributed by atoms with Crippen LogP contribution in [0.1, 0.15) is 25.0 Å². The maximum Gasteiger partial charge on any atom is 0.308 e. The summed E-state index contributed by atoms with van der Waals surface area (Å²) < 4.78 is 4.77. The van der Waals surface area contributed by atoms with Crippen molar-refractivity contribution in [1.29, 1.82) is 0 Å². The first-order valence-electron chi connectivity index (χ1n) is 7.29. The van der Waals surface area contributed by atoms with E-state index >= 15 is 0 Å².